The van der Waals surface area contributed by atoms with Crippen LogP contribution < -0.4 is 5.32 Å². The molecule has 0 aromatic carbocycles. The Labute approximate surface area is 79.7 Å². The Balaban J connectivity index is 2.31. The Kier molecular flexibility index (Phi) is 4.57. The standard InChI is InChI=1S/C10H18N2O/c1-11-8-10-4-6-12(9-10)5-3-7-13-2/h4,6,9,11H,3,5,7-8H2,1-2H3. The first-order valence-electron chi connectivity index (χ1n) is 4.65. The zero-order chi connectivity index (χ0) is 9.52. The molecule has 1 heterocycles. The van der Waals surface area contributed by atoms with Crippen molar-refractivity contribution in [1.29, 1.82) is 0 Å². The Bertz CT molecular complexity index is 233. The predicted molar refractivity (Wildman–Crippen MR) is 53.7 cm³/mol. The molecule has 0 aliphatic rings. The second-order valence-electron chi connectivity index (χ2n) is 3.13. The van der Waals surface area contributed by atoms with Crippen LogP contribution in [0.1, 0.15) is 12.0 Å². The van der Waals surface area contributed by atoms with Gasteiger partial charge in [-0.25, -0.2) is 0 Å². The van der Waals surface area contributed by atoms with Crippen molar-refractivity contribution >= 4 is 0 Å². The van der Waals surface area contributed by atoms with Crippen molar-refractivity contribution in [3.05, 3.63) is 24.0 Å². The number of nitrogens with zero attached hydrogens (tertiary/aromatic N) is 1. The highest BCUT2D eigenvalue weighted by Crippen LogP contribution is 2.01. The summed E-state index contributed by atoms with van der Waals surface area (Å²) >= 11 is 0. The van der Waals surface area contributed by atoms with Crippen LogP contribution in [0.5, 0.6) is 0 Å². The van der Waals surface area contributed by atoms with Gasteiger partial charge in [0.25, 0.3) is 0 Å². The summed E-state index contributed by atoms with van der Waals surface area (Å²) in [6.45, 7) is 2.81. The molecule has 0 radical (unpaired) electrons. The van der Waals surface area contributed by atoms with Crippen molar-refractivity contribution in [3.63, 3.8) is 0 Å². The number of methoxy groups -OCH3 is 1. The van der Waals surface area contributed by atoms with Gasteiger partial charge in [0.05, 0.1) is 0 Å². The Morgan fingerprint density at radius 1 is 1.54 bits per heavy atom. The van der Waals surface area contributed by atoms with Crippen molar-refractivity contribution in [3.8, 4) is 0 Å². The fourth-order valence-corrected chi connectivity index (χ4v) is 1.33. The van der Waals surface area contributed by atoms with E-state index in [9.17, 15) is 0 Å². The van der Waals surface area contributed by atoms with E-state index < -0.39 is 0 Å². The van der Waals surface area contributed by atoms with Crippen LogP contribution in [-0.4, -0.2) is 25.3 Å². The van der Waals surface area contributed by atoms with E-state index in [1.165, 1.54) is 5.56 Å². The molecule has 1 N–H and O–H groups in total. The number of aromatic nitrogens is 1. The highest BCUT2D eigenvalue weighted by molar-refractivity contribution is 5.09. The minimum Gasteiger partial charge on any atom is -0.385 e. The molecular formula is C10H18N2O. The third kappa shape index (κ3) is 3.61. The molecule has 0 atom stereocenters. The van der Waals surface area contributed by atoms with Gasteiger partial charge in [-0.2, -0.15) is 0 Å². The van der Waals surface area contributed by atoms with Gasteiger partial charge in [0.15, 0.2) is 0 Å². The van der Waals surface area contributed by atoms with Gasteiger partial charge in [-0.3, -0.25) is 0 Å². The van der Waals surface area contributed by atoms with E-state index in [2.05, 4.69) is 28.3 Å². The van der Waals surface area contributed by atoms with Gasteiger partial charge in [0.2, 0.25) is 0 Å². The molecule has 3 nitrogen and oxygen atoms in total. The average Bonchev–Trinajstić information content (AvgIpc) is 2.54. The molecule has 1 rings (SSSR count). The van der Waals surface area contributed by atoms with Crippen LogP contribution in [-0.2, 0) is 17.8 Å². The summed E-state index contributed by atoms with van der Waals surface area (Å²) in [6, 6.07) is 2.14. The lowest BCUT2D eigenvalue weighted by Crippen LogP contribution is -2.04. The molecule has 0 fully saturated rings. The molecule has 1 aromatic rings. The van der Waals surface area contributed by atoms with Gasteiger partial charge in [0, 0.05) is 39.2 Å². The molecule has 0 bridgehead atoms. The monoisotopic (exact) mass is 182 g/mol. The van der Waals surface area contributed by atoms with Crippen molar-refractivity contribution in [2.45, 2.75) is 19.5 Å². The second-order valence-corrected chi connectivity index (χ2v) is 3.13. The van der Waals surface area contributed by atoms with E-state index in [-0.39, 0.29) is 0 Å². The molecule has 0 saturated carbocycles. The number of aryl methyl sites for hydroxylation is 1. The van der Waals surface area contributed by atoms with E-state index in [1.807, 2.05) is 7.05 Å². The lowest BCUT2D eigenvalue weighted by atomic mass is 10.3. The first-order chi connectivity index (χ1) is 6.36. The van der Waals surface area contributed by atoms with E-state index in [0.29, 0.717) is 0 Å². The summed E-state index contributed by atoms with van der Waals surface area (Å²) in [5.74, 6) is 0. The van der Waals surface area contributed by atoms with Crippen molar-refractivity contribution in [1.82, 2.24) is 9.88 Å². The minimum absolute atomic E-state index is 0.833. The van der Waals surface area contributed by atoms with Crippen molar-refractivity contribution in [2.24, 2.45) is 0 Å². The Morgan fingerprint density at radius 2 is 2.38 bits per heavy atom. The lowest BCUT2D eigenvalue weighted by molar-refractivity contribution is 0.190. The van der Waals surface area contributed by atoms with E-state index in [1.54, 1.807) is 7.11 Å². The first kappa shape index (κ1) is 10.3. The van der Waals surface area contributed by atoms with Crippen LogP contribution >= 0.6 is 0 Å². The molecule has 0 saturated heterocycles. The van der Waals surface area contributed by atoms with E-state index >= 15 is 0 Å². The summed E-state index contributed by atoms with van der Waals surface area (Å²) in [5.41, 5.74) is 1.33. The average molecular weight is 182 g/mol. The van der Waals surface area contributed by atoms with E-state index in [0.717, 1.165) is 26.1 Å². The second kappa shape index (κ2) is 5.78. The molecule has 0 spiro atoms. The van der Waals surface area contributed by atoms with Crippen LogP contribution in [0, 0.1) is 0 Å². The Morgan fingerprint density at radius 3 is 3.08 bits per heavy atom. The van der Waals surface area contributed by atoms with Crippen LogP contribution in [0.15, 0.2) is 18.5 Å². The number of hydrogen-bond donors (Lipinski definition) is 1. The Hall–Kier alpha value is -0.800. The third-order valence-corrected chi connectivity index (χ3v) is 1.96. The molecule has 1 aromatic heterocycles. The SMILES string of the molecule is CNCc1ccn(CCCOC)c1. The number of rotatable bonds is 6. The highest BCUT2D eigenvalue weighted by Gasteiger charge is 1.94. The van der Waals surface area contributed by atoms with Crippen LogP contribution in [0.4, 0.5) is 0 Å². The van der Waals surface area contributed by atoms with Gasteiger partial charge in [-0.1, -0.05) is 0 Å². The molecule has 13 heavy (non-hydrogen) atoms. The van der Waals surface area contributed by atoms with Gasteiger partial charge in [-0.05, 0) is 25.1 Å². The summed E-state index contributed by atoms with van der Waals surface area (Å²) < 4.78 is 7.19. The summed E-state index contributed by atoms with van der Waals surface area (Å²) in [6.07, 6.45) is 5.36. The van der Waals surface area contributed by atoms with Gasteiger partial charge in [-0.15, -0.1) is 0 Å². The molecule has 0 aliphatic heterocycles. The van der Waals surface area contributed by atoms with Gasteiger partial charge in [0.1, 0.15) is 0 Å². The van der Waals surface area contributed by atoms with Crippen LogP contribution in [0.3, 0.4) is 0 Å². The summed E-state index contributed by atoms with van der Waals surface area (Å²) in [4.78, 5) is 0. The predicted octanol–water partition coefficient (Wildman–Crippen LogP) is 1.24. The fraction of sp³-hybridized carbons (Fsp3) is 0.600. The molecule has 0 unspecified atom stereocenters. The molecular weight excluding hydrogens is 164 g/mol. The summed E-state index contributed by atoms with van der Waals surface area (Å²) in [7, 11) is 3.70. The largest absolute Gasteiger partial charge is 0.385 e. The third-order valence-electron chi connectivity index (χ3n) is 1.96. The van der Waals surface area contributed by atoms with Crippen LogP contribution in [0.2, 0.25) is 0 Å². The smallest absolute Gasteiger partial charge is 0.0479 e. The topological polar surface area (TPSA) is 26.2 Å². The molecule has 0 amide bonds. The van der Waals surface area contributed by atoms with Crippen LogP contribution in [0.25, 0.3) is 0 Å². The highest BCUT2D eigenvalue weighted by atomic mass is 16.5. The normalized spacial score (nSPS) is 10.6. The molecule has 3 heteroatoms. The van der Waals surface area contributed by atoms with Gasteiger partial charge >= 0.3 is 0 Å². The summed E-state index contributed by atoms with van der Waals surface area (Å²) in [5, 5.41) is 3.13. The van der Waals surface area contributed by atoms with E-state index in [4.69, 9.17) is 4.74 Å². The molecule has 0 aliphatic carbocycles. The van der Waals surface area contributed by atoms with Crippen molar-refractivity contribution < 1.29 is 4.74 Å². The first-order valence-corrected chi connectivity index (χ1v) is 4.65. The zero-order valence-electron chi connectivity index (χ0n) is 8.42. The quantitative estimate of drug-likeness (QED) is 0.670. The van der Waals surface area contributed by atoms with Gasteiger partial charge < -0.3 is 14.6 Å². The minimum atomic E-state index is 0.833. The fourth-order valence-electron chi connectivity index (χ4n) is 1.33. The number of ether oxygens (including phenoxy) is 1. The maximum absolute atomic E-state index is 4.99. The van der Waals surface area contributed by atoms with Crippen molar-refractivity contribution in [2.75, 3.05) is 20.8 Å². The zero-order valence-corrected chi connectivity index (χ0v) is 8.42. The number of nitrogens with one attached hydrogen (secondary N) is 1. The maximum atomic E-state index is 4.99. The maximum Gasteiger partial charge on any atom is 0.0479 e. The molecule has 74 valence electrons. The number of hydrogen-bond acceptors (Lipinski definition) is 2. The lowest BCUT2D eigenvalue weighted by Gasteiger charge is -2.01.